The maximum Gasteiger partial charge on any atom is 0.181 e. The molecule has 0 aliphatic rings. The number of hydrogen-bond acceptors (Lipinski definition) is 3. The first-order valence-electron chi connectivity index (χ1n) is 8.94. The minimum absolute atomic E-state index is 0.0446. The summed E-state index contributed by atoms with van der Waals surface area (Å²) in [6.45, 7) is 0. The average molecular weight is 407 g/mol. The molecule has 0 amide bonds. The molecule has 0 aromatic heterocycles. The molecule has 0 unspecified atom stereocenters. The molecule has 4 heteroatoms. The molecular formula is C24H22O2S2. The summed E-state index contributed by atoms with van der Waals surface area (Å²) in [6.07, 6.45) is 7.82. The molecule has 0 atom stereocenters. The minimum Gasteiger partial charge on any atom is -0.223 e. The number of sulfone groups is 1. The molecule has 0 spiro atoms. The minimum atomic E-state index is -3.37. The lowest BCUT2D eigenvalue weighted by Gasteiger charge is -2.05. The van der Waals surface area contributed by atoms with Crippen LogP contribution in [0, 0.1) is 0 Å². The molecule has 0 saturated heterocycles. The summed E-state index contributed by atoms with van der Waals surface area (Å²) in [5.41, 5.74) is 2.95. The van der Waals surface area contributed by atoms with Crippen molar-refractivity contribution in [3.63, 3.8) is 0 Å². The van der Waals surface area contributed by atoms with Crippen molar-refractivity contribution in [1.29, 1.82) is 0 Å². The second-order valence-electron chi connectivity index (χ2n) is 6.23. The molecule has 0 fully saturated rings. The van der Waals surface area contributed by atoms with Gasteiger partial charge in [0.15, 0.2) is 9.84 Å². The second kappa shape index (κ2) is 9.58. The summed E-state index contributed by atoms with van der Waals surface area (Å²) >= 11 is 1.71. The van der Waals surface area contributed by atoms with Crippen LogP contribution in [0.5, 0.6) is 0 Å². The lowest BCUT2D eigenvalue weighted by atomic mass is 10.0. The van der Waals surface area contributed by atoms with E-state index in [1.54, 1.807) is 42.1 Å². The summed E-state index contributed by atoms with van der Waals surface area (Å²) in [4.78, 5) is 1.56. The smallest absolute Gasteiger partial charge is 0.181 e. The molecule has 0 aliphatic carbocycles. The monoisotopic (exact) mass is 406 g/mol. The van der Waals surface area contributed by atoms with Crippen LogP contribution in [0.3, 0.4) is 0 Å². The quantitative estimate of drug-likeness (QED) is 0.358. The fourth-order valence-electron chi connectivity index (χ4n) is 2.74. The Morgan fingerprint density at radius 2 is 1.46 bits per heavy atom. The highest BCUT2D eigenvalue weighted by Crippen LogP contribution is 2.21. The normalized spacial score (nSPS) is 12.4. The van der Waals surface area contributed by atoms with Gasteiger partial charge in [0.1, 0.15) is 0 Å². The third-order valence-electron chi connectivity index (χ3n) is 4.30. The third-order valence-corrected chi connectivity index (χ3v) is 6.64. The van der Waals surface area contributed by atoms with Gasteiger partial charge < -0.3 is 0 Å². The largest absolute Gasteiger partial charge is 0.223 e. The van der Waals surface area contributed by atoms with Crippen LogP contribution in [0.15, 0.2) is 107 Å². The molecule has 0 bridgehead atoms. The Bertz CT molecular complexity index is 1050. The van der Waals surface area contributed by atoms with E-state index in [2.05, 4.69) is 24.3 Å². The molecule has 0 heterocycles. The predicted octanol–water partition coefficient (Wildman–Crippen LogP) is 5.98. The number of rotatable bonds is 7. The van der Waals surface area contributed by atoms with Gasteiger partial charge >= 0.3 is 0 Å². The van der Waals surface area contributed by atoms with E-state index in [4.69, 9.17) is 0 Å². The van der Waals surface area contributed by atoms with Crippen molar-refractivity contribution in [2.75, 3.05) is 12.0 Å². The third kappa shape index (κ3) is 5.47. The van der Waals surface area contributed by atoms with Crippen molar-refractivity contribution < 1.29 is 8.42 Å². The van der Waals surface area contributed by atoms with Gasteiger partial charge in [-0.2, -0.15) is 0 Å². The molecule has 3 rings (SSSR count). The van der Waals surface area contributed by atoms with Crippen molar-refractivity contribution in [2.24, 2.45) is 0 Å². The van der Waals surface area contributed by atoms with Crippen LogP contribution in [0.1, 0.15) is 11.1 Å². The first-order chi connectivity index (χ1) is 13.6. The van der Waals surface area contributed by atoms with E-state index < -0.39 is 9.84 Å². The zero-order chi connectivity index (χ0) is 19.8. The predicted molar refractivity (Wildman–Crippen MR) is 120 cm³/mol. The molecule has 28 heavy (non-hydrogen) atoms. The van der Waals surface area contributed by atoms with E-state index in [9.17, 15) is 8.42 Å². The molecule has 3 aromatic carbocycles. The van der Waals surface area contributed by atoms with E-state index in [0.717, 1.165) is 16.7 Å². The Labute approximate surface area is 171 Å². The van der Waals surface area contributed by atoms with Gasteiger partial charge in [-0.05, 0) is 47.2 Å². The maximum atomic E-state index is 12.6. The van der Waals surface area contributed by atoms with Crippen molar-refractivity contribution in [2.45, 2.75) is 9.79 Å². The number of hydrogen-bond donors (Lipinski definition) is 0. The second-order valence-corrected chi connectivity index (χ2v) is 9.14. The Kier molecular flexibility index (Phi) is 6.90. The van der Waals surface area contributed by atoms with Crippen LogP contribution < -0.4 is 0 Å². The van der Waals surface area contributed by atoms with Gasteiger partial charge in [-0.15, -0.1) is 11.8 Å². The summed E-state index contributed by atoms with van der Waals surface area (Å²) < 4.78 is 25.3. The van der Waals surface area contributed by atoms with Crippen molar-refractivity contribution in [3.8, 4) is 0 Å². The van der Waals surface area contributed by atoms with Crippen LogP contribution in [0.25, 0.3) is 11.6 Å². The van der Waals surface area contributed by atoms with E-state index in [0.29, 0.717) is 4.90 Å². The Hall–Kier alpha value is -2.56. The summed E-state index contributed by atoms with van der Waals surface area (Å²) in [6, 6.07) is 26.7. The van der Waals surface area contributed by atoms with Crippen LogP contribution in [0.2, 0.25) is 0 Å². The first-order valence-corrected chi connectivity index (χ1v) is 11.8. The van der Waals surface area contributed by atoms with Gasteiger partial charge in [-0.25, -0.2) is 8.42 Å². The Morgan fingerprint density at radius 1 is 0.857 bits per heavy atom. The summed E-state index contributed by atoms with van der Waals surface area (Å²) in [5, 5.41) is 0. The highest BCUT2D eigenvalue weighted by atomic mass is 32.2. The fraction of sp³-hybridized carbons (Fsp3) is 0.0833. The molecule has 2 nitrogen and oxygen atoms in total. The highest BCUT2D eigenvalue weighted by Gasteiger charge is 2.12. The van der Waals surface area contributed by atoms with Crippen LogP contribution in [-0.4, -0.2) is 20.4 Å². The zero-order valence-corrected chi connectivity index (χ0v) is 17.3. The Morgan fingerprint density at radius 3 is 2.07 bits per heavy atom. The van der Waals surface area contributed by atoms with Crippen LogP contribution in [0.4, 0.5) is 0 Å². The Balaban J connectivity index is 1.89. The van der Waals surface area contributed by atoms with Crippen molar-refractivity contribution >= 4 is 33.2 Å². The average Bonchev–Trinajstić information content (AvgIpc) is 2.75. The zero-order valence-electron chi connectivity index (χ0n) is 15.7. The van der Waals surface area contributed by atoms with E-state index in [1.807, 2.05) is 54.8 Å². The molecule has 3 aromatic rings. The lowest BCUT2D eigenvalue weighted by Crippen LogP contribution is -2.04. The first kappa shape index (κ1) is 20.2. The van der Waals surface area contributed by atoms with Crippen LogP contribution >= 0.6 is 11.8 Å². The number of benzene rings is 3. The van der Waals surface area contributed by atoms with Crippen molar-refractivity contribution in [1.82, 2.24) is 0 Å². The molecule has 0 saturated carbocycles. The maximum absolute atomic E-state index is 12.6. The van der Waals surface area contributed by atoms with Gasteiger partial charge in [0.05, 0.1) is 10.6 Å². The topological polar surface area (TPSA) is 34.1 Å². The van der Waals surface area contributed by atoms with Gasteiger partial charge in [0.25, 0.3) is 0 Å². The molecule has 0 aliphatic heterocycles. The SMILES string of the molecule is CSc1ccc(/C=C/C(=C/CS(=O)(=O)c2ccccc2)c2ccccc2)cc1. The number of allylic oxidation sites excluding steroid dienone is 2. The van der Waals surface area contributed by atoms with E-state index in [1.165, 1.54) is 4.90 Å². The fourth-order valence-corrected chi connectivity index (χ4v) is 4.31. The van der Waals surface area contributed by atoms with E-state index in [-0.39, 0.29) is 5.75 Å². The van der Waals surface area contributed by atoms with E-state index >= 15 is 0 Å². The van der Waals surface area contributed by atoms with Gasteiger partial charge in [0.2, 0.25) is 0 Å². The van der Waals surface area contributed by atoms with Gasteiger partial charge in [-0.3, -0.25) is 0 Å². The summed E-state index contributed by atoms with van der Waals surface area (Å²) in [5.74, 6) is -0.0446. The molecule has 142 valence electrons. The number of thioether (sulfide) groups is 1. The molecule has 0 N–H and O–H groups in total. The molecule has 0 radical (unpaired) electrons. The van der Waals surface area contributed by atoms with Crippen LogP contribution in [-0.2, 0) is 9.84 Å². The van der Waals surface area contributed by atoms with Gasteiger partial charge in [0, 0.05) is 4.90 Å². The standard InChI is InChI=1S/C24H22O2S2/c1-27-23-16-13-20(14-17-23)12-15-22(21-8-4-2-5-9-21)18-19-28(25,26)24-10-6-3-7-11-24/h2-18H,19H2,1H3/b15-12+,22-18-. The molecular weight excluding hydrogens is 384 g/mol. The van der Waals surface area contributed by atoms with Crippen molar-refractivity contribution in [3.05, 3.63) is 108 Å². The lowest BCUT2D eigenvalue weighted by molar-refractivity contribution is 0.599. The van der Waals surface area contributed by atoms with Gasteiger partial charge in [-0.1, -0.05) is 78.9 Å². The highest BCUT2D eigenvalue weighted by molar-refractivity contribution is 7.98. The summed E-state index contributed by atoms with van der Waals surface area (Å²) in [7, 11) is -3.37.